The number of hydrogen-bond donors (Lipinski definition) is 1. The smallest absolute Gasteiger partial charge is 0.239 e. The standard InChI is InChI=1S/C17H21N3O3S/c1-12-6-8-13(9-7-12)17-19-16(23-20-17)11-24(22)10-15(21)18-14-4-2-3-5-14/h6-9,14H,2-5,10-11H2,1H3,(H,18,21). The van der Waals surface area contributed by atoms with Crippen molar-refractivity contribution < 1.29 is 13.5 Å². The van der Waals surface area contributed by atoms with E-state index < -0.39 is 10.8 Å². The number of amides is 1. The summed E-state index contributed by atoms with van der Waals surface area (Å²) in [7, 11) is -1.36. The number of benzene rings is 1. The second-order valence-electron chi connectivity index (χ2n) is 6.16. The lowest BCUT2D eigenvalue weighted by Gasteiger charge is -2.10. The van der Waals surface area contributed by atoms with E-state index in [-0.39, 0.29) is 29.3 Å². The molecule has 0 bridgehead atoms. The van der Waals surface area contributed by atoms with Gasteiger partial charge in [-0.1, -0.05) is 47.8 Å². The van der Waals surface area contributed by atoms with E-state index >= 15 is 0 Å². The summed E-state index contributed by atoms with van der Waals surface area (Å²) in [4.78, 5) is 16.1. The summed E-state index contributed by atoms with van der Waals surface area (Å²) in [6.45, 7) is 2.01. The number of hydrogen-bond acceptors (Lipinski definition) is 5. The Morgan fingerprint density at radius 2 is 2.00 bits per heavy atom. The number of carbonyl (C=O) groups excluding carboxylic acids is 1. The molecule has 7 heteroatoms. The van der Waals surface area contributed by atoms with Gasteiger partial charge in [0.2, 0.25) is 17.6 Å². The largest absolute Gasteiger partial charge is 0.353 e. The maximum Gasteiger partial charge on any atom is 0.239 e. The summed E-state index contributed by atoms with van der Waals surface area (Å²) < 4.78 is 17.3. The number of carbonyl (C=O) groups is 1. The van der Waals surface area contributed by atoms with Crippen LogP contribution in [0.5, 0.6) is 0 Å². The topological polar surface area (TPSA) is 85.1 Å². The third-order valence-electron chi connectivity index (χ3n) is 4.07. The van der Waals surface area contributed by atoms with Gasteiger partial charge in [-0.25, -0.2) is 0 Å². The summed E-state index contributed by atoms with van der Waals surface area (Å²) >= 11 is 0. The molecule has 1 aromatic carbocycles. The highest BCUT2D eigenvalue weighted by Gasteiger charge is 2.19. The quantitative estimate of drug-likeness (QED) is 0.867. The molecule has 1 aliphatic carbocycles. The van der Waals surface area contributed by atoms with Crippen LogP contribution in [0.15, 0.2) is 28.8 Å². The molecule has 1 heterocycles. The van der Waals surface area contributed by atoms with Crippen molar-refractivity contribution in [2.24, 2.45) is 0 Å². The molecule has 128 valence electrons. The van der Waals surface area contributed by atoms with Crippen LogP contribution < -0.4 is 5.32 Å². The molecule has 1 aliphatic rings. The maximum absolute atomic E-state index is 12.1. The van der Waals surface area contributed by atoms with Crippen molar-refractivity contribution in [3.63, 3.8) is 0 Å². The monoisotopic (exact) mass is 347 g/mol. The zero-order valence-corrected chi connectivity index (χ0v) is 14.5. The van der Waals surface area contributed by atoms with Crippen molar-refractivity contribution in [1.29, 1.82) is 0 Å². The summed E-state index contributed by atoms with van der Waals surface area (Å²) in [6, 6.07) is 8.01. The first-order valence-corrected chi connectivity index (χ1v) is 9.63. The Morgan fingerprint density at radius 3 is 2.71 bits per heavy atom. The Hall–Kier alpha value is -2.02. The predicted molar refractivity (Wildman–Crippen MR) is 91.6 cm³/mol. The van der Waals surface area contributed by atoms with Crippen LogP contribution in [0.2, 0.25) is 0 Å². The highest BCUT2D eigenvalue weighted by molar-refractivity contribution is 7.84. The van der Waals surface area contributed by atoms with Crippen LogP contribution in [0.3, 0.4) is 0 Å². The molecule has 3 rings (SSSR count). The fourth-order valence-electron chi connectivity index (χ4n) is 2.81. The van der Waals surface area contributed by atoms with E-state index in [1.165, 1.54) is 0 Å². The van der Waals surface area contributed by atoms with Crippen LogP contribution in [0, 0.1) is 6.92 Å². The first-order valence-electron chi connectivity index (χ1n) is 8.14. The summed E-state index contributed by atoms with van der Waals surface area (Å²) in [5.41, 5.74) is 2.00. The van der Waals surface area contributed by atoms with Crippen molar-refractivity contribution >= 4 is 16.7 Å². The first-order chi connectivity index (χ1) is 11.6. The van der Waals surface area contributed by atoms with Gasteiger partial charge in [0.15, 0.2) is 0 Å². The lowest BCUT2D eigenvalue weighted by Crippen LogP contribution is -2.35. The third-order valence-corrected chi connectivity index (χ3v) is 5.23. The lowest BCUT2D eigenvalue weighted by molar-refractivity contribution is -0.119. The highest BCUT2D eigenvalue weighted by Crippen LogP contribution is 2.18. The van der Waals surface area contributed by atoms with Gasteiger partial charge < -0.3 is 9.84 Å². The van der Waals surface area contributed by atoms with Gasteiger partial charge in [0.25, 0.3) is 0 Å². The molecule has 0 saturated heterocycles. The molecule has 6 nitrogen and oxygen atoms in total. The molecular weight excluding hydrogens is 326 g/mol. The third kappa shape index (κ3) is 4.50. The van der Waals surface area contributed by atoms with Crippen LogP contribution in [0.1, 0.15) is 37.1 Å². The maximum atomic E-state index is 12.1. The zero-order chi connectivity index (χ0) is 16.9. The van der Waals surface area contributed by atoms with Gasteiger partial charge in [0.1, 0.15) is 11.5 Å². The zero-order valence-electron chi connectivity index (χ0n) is 13.7. The molecule has 24 heavy (non-hydrogen) atoms. The molecule has 1 unspecified atom stereocenters. The number of nitrogens with zero attached hydrogens (tertiary/aromatic N) is 2. The van der Waals surface area contributed by atoms with Gasteiger partial charge in [-0.15, -0.1) is 0 Å². The van der Waals surface area contributed by atoms with Gasteiger partial charge in [-0.05, 0) is 19.8 Å². The minimum absolute atomic E-state index is 0.0290. The number of aromatic nitrogens is 2. The van der Waals surface area contributed by atoms with E-state index in [9.17, 15) is 9.00 Å². The van der Waals surface area contributed by atoms with Gasteiger partial charge in [-0.3, -0.25) is 9.00 Å². The van der Waals surface area contributed by atoms with E-state index in [1.54, 1.807) is 0 Å². The van der Waals surface area contributed by atoms with E-state index in [1.807, 2.05) is 31.2 Å². The normalized spacial score (nSPS) is 16.2. The van der Waals surface area contributed by atoms with Crippen LogP contribution >= 0.6 is 0 Å². The lowest BCUT2D eigenvalue weighted by atomic mass is 10.1. The Labute approximate surface area is 143 Å². The van der Waals surface area contributed by atoms with Crippen LogP contribution in [-0.4, -0.2) is 32.1 Å². The summed E-state index contributed by atoms with van der Waals surface area (Å²) in [5.74, 6) is 0.656. The fraction of sp³-hybridized carbons (Fsp3) is 0.471. The minimum atomic E-state index is -1.36. The Bertz CT molecular complexity index is 721. The van der Waals surface area contributed by atoms with Crippen LogP contribution in [0.25, 0.3) is 11.4 Å². The SMILES string of the molecule is Cc1ccc(-c2noc(CS(=O)CC(=O)NC3CCCC3)n2)cc1. The Morgan fingerprint density at radius 1 is 1.29 bits per heavy atom. The van der Waals surface area contributed by atoms with Gasteiger partial charge in [0, 0.05) is 22.4 Å². The minimum Gasteiger partial charge on any atom is -0.353 e. The second-order valence-corrected chi connectivity index (χ2v) is 7.61. The average Bonchev–Trinajstić information content (AvgIpc) is 3.19. The Balaban J connectivity index is 1.53. The van der Waals surface area contributed by atoms with Gasteiger partial charge in [0.05, 0.1) is 0 Å². The van der Waals surface area contributed by atoms with E-state index in [4.69, 9.17) is 4.52 Å². The van der Waals surface area contributed by atoms with E-state index in [0.29, 0.717) is 5.82 Å². The molecule has 1 aromatic heterocycles. The molecule has 0 aliphatic heterocycles. The van der Waals surface area contributed by atoms with Crippen molar-refractivity contribution in [2.45, 2.75) is 44.4 Å². The molecule has 0 radical (unpaired) electrons. The van der Waals surface area contributed by atoms with E-state index in [2.05, 4.69) is 15.5 Å². The van der Waals surface area contributed by atoms with E-state index in [0.717, 1.165) is 36.8 Å². The number of aryl methyl sites for hydroxylation is 1. The van der Waals surface area contributed by atoms with Crippen molar-refractivity contribution in [2.75, 3.05) is 5.75 Å². The van der Waals surface area contributed by atoms with Gasteiger partial charge in [-0.2, -0.15) is 4.98 Å². The number of nitrogens with one attached hydrogen (secondary N) is 1. The summed E-state index contributed by atoms with van der Waals surface area (Å²) in [6.07, 6.45) is 4.33. The van der Waals surface area contributed by atoms with Crippen molar-refractivity contribution in [3.8, 4) is 11.4 Å². The van der Waals surface area contributed by atoms with Crippen LogP contribution in [0.4, 0.5) is 0 Å². The Kier molecular flexibility index (Phi) is 5.40. The molecule has 1 saturated carbocycles. The highest BCUT2D eigenvalue weighted by atomic mass is 32.2. The fourth-order valence-corrected chi connectivity index (χ4v) is 3.68. The molecular formula is C17H21N3O3S. The molecule has 1 N–H and O–H groups in total. The van der Waals surface area contributed by atoms with Crippen molar-refractivity contribution in [3.05, 3.63) is 35.7 Å². The van der Waals surface area contributed by atoms with Crippen LogP contribution in [-0.2, 0) is 21.3 Å². The first kappa shape index (κ1) is 16.8. The van der Waals surface area contributed by atoms with Gasteiger partial charge >= 0.3 is 0 Å². The average molecular weight is 347 g/mol. The summed E-state index contributed by atoms with van der Waals surface area (Å²) in [5, 5.41) is 6.84. The molecule has 0 spiro atoms. The second kappa shape index (κ2) is 7.70. The molecule has 1 atom stereocenters. The predicted octanol–water partition coefficient (Wildman–Crippen LogP) is 2.35. The number of rotatable bonds is 6. The molecule has 1 fully saturated rings. The van der Waals surface area contributed by atoms with Crippen molar-refractivity contribution in [1.82, 2.24) is 15.5 Å². The molecule has 1 amide bonds. The molecule has 2 aromatic rings.